The van der Waals surface area contributed by atoms with Crippen molar-refractivity contribution in [1.82, 2.24) is 4.90 Å². The molecule has 1 aliphatic carbocycles. The Bertz CT molecular complexity index is 837. The lowest BCUT2D eigenvalue weighted by atomic mass is 9.68. The number of rotatable bonds is 7. The van der Waals surface area contributed by atoms with Gasteiger partial charge in [-0.05, 0) is 56.3 Å². The molecule has 0 bridgehead atoms. The lowest BCUT2D eigenvalue weighted by Crippen LogP contribution is -2.42. The molecule has 0 N–H and O–H groups in total. The minimum absolute atomic E-state index is 0.0582. The largest absolute Gasteiger partial charge is 0.392 e. The fourth-order valence-electron chi connectivity index (χ4n) is 4.93. The van der Waals surface area contributed by atoms with Crippen LogP contribution in [0.15, 0.2) is 54.6 Å². The highest BCUT2D eigenvalue weighted by atomic mass is 19.4. The number of aryl methyl sites for hydroxylation is 1. The van der Waals surface area contributed by atoms with Crippen molar-refractivity contribution >= 4 is 0 Å². The van der Waals surface area contributed by atoms with Crippen molar-refractivity contribution in [2.45, 2.75) is 69.9 Å². The molecule has 1 aliphatic rings. The first-order valence-electron chi connectivity index (χ1n) is 11.4. The number of hydrogen-bond acceptors (Lipinski definition) is 1. The third kappa shape index (κ3) is 6.75. The van der Waals surface area contributed by atoms with E-state index >= 15 is 0 Å². The van der Waals surface area contributed by atoms with Gasteiger partial charge in [-0.2, -0.15) is 26.3 Å². The lowest BCUT2D eigenvalue weighted by molar-refractivity contribution is -0.231. The molecule has 0 aromatic heterocycles. The summed E-state index contributed by atoms with van der Waals surface area (Å²) >= 11 is 0. The van der Waals surface area contributed by atoms with E-state index in [4.69, 9.17) is 0 Å². The Labute approximate surface area is 191 Å². The summed E-state index contributed by atoms with van der Waals surface area (Å²) in [5.74, 6) is -5.51. The lowest BCUT2D eigenvalue weighted by Gasteiger charge is -2.40. The van der Waals surface area contributed by atoms with Gasteiger partial charge in [0.1, 0.15) is 0 Å². The molecule has 0 saturated heterocycles. The molecule has 1 saturated carbocycles. The molecule has 0 radical (unpaired) electrons. The van der Waals surface area contributed by atoms with E-state index in [1.54, 1.807) is 12.1 Å². The average molecular weight is 472 g/mol. The molecular weight excluding hydrogens is 440 g/mol. The van der Waals surface area contributed by atoms with Gasteiger partial charge in [0.25, 0.3) is 0 Å². The van der Waals surface area contributed by atoms with E-state index in [1.807, 2.05) is 25.2 Å². The maximum absolute atomic E-state index is 13.6. The highest BCUT2D eigenvalue weighted by Crippen LogP contribution is 2.53. The van der Waals surface area contributed by atoms with Crippen LogP contribution in [0.4, 0.5) is 26.3 Å². The van der Waals surface area contributed by atoms with Gasteiger partial charge in [0.05, 0.1) is 11.8 Å². The van der Waals surface area contributed by atoms with E-state index in [0.29, 0.717) is 6.42 Å². The predicted octanol–water partition coefficient (Wildman–Crippen LogP) is 7.76. The number of halogens is 6. The van der Waals surface area contributed by atoms with Crippen LogP contribution in [0.25, 0.3) is 0 Å². The van der Waals surface area contributed by atoms with Crippen LogP contribution in [0.2, 0.25) is 0 Å². The number of nitrogens with zero attached hydrogens (tertiary/aromatic N) is 1. The normalized spacial score (nSPS) is 23.0. The Morgan fingerprint density at radius 3 is 1.88 bits per heavy atom. The molecule has 3 atom stereocenters. The van der Waals surface area contributed by atoms with Crippen LogP contribution in [-0.4, -0.2) is 30.3 Å². The minimum Gasteiger partial charge on any atom is -0.299 e. The van der Waals surface area contributed by atoms with Crippen molar-refractivity contribution in [2.24, 2.45) is 11.8 Å². The van der Waals surface area contributed by atoms with Crippen molar-refractivity contribution in [1.29, 1.82) is 0 Å². The van der Waals surface area contributed by atoms with Gasteiger partial charge in [0, 0.05) is 18.5 Å². The summed E-state index contributed by atoms with van der Waals surface area (Å²) in [5, 5.41) is 0. The second kappa shape index (κ2) is 10.5. The number of alkyl halides is 6. The summed E-state index contributed by atoms with van der Waals surface area (Å²) in [5.41, 5.74) is 2.26. The van der Waals surface area contributed by atoms with Crippen molar-refractivity contribution < 1.29 is 26.3 Å². The van der Waals surface area contributed by atoms with Gasteiger partial charge < -0.3 is 0 Å². The smallest absolute Gasteiger partial charge is 0.299 e. The molecule has 0 amide bonds. The SMILES string of the molecule is CC(CCc1ccc(C2C(C(F)(F)F)CCCC2C(F)(F)F)cc1)N(C)Cc1ccccc1. The van der Waals surface area contributed by atoms with Crippen molar-refractivity contribution in [3.05, 3.63) is 71.3 Å². The van der Waals surface area contributed by atoms with Gasteiger partial charge in [-0.15, -0.1) is 0 Å². The first-order valence-corrected chi connectivity index (χ1v) is 11.4. The van der Waals surface area contributed by atoms with Gasteiger partial charge >= 0.3 is 12.4 Å². The summed E-state index contributed by atoms with van der Waals surface area (Å²) in [6, 6.07) is 16.7. The first-order chi connectivity index (χ1) is 15.5. The maximum Gasteiger partial charge on any atom is 0.392 e. The zero-order valence-electron chi connectivity index (χ0n) is 19.0. The molecule has 0 spiro atoms. The van der Waals surface area contributed by atoms with E-state index in [9.17, 15) is 26.3 Å². The molecule has 1 nitrogen and oxygen atoms in total. The fraction of sp³-hybridized carbons (Fsp3) is 0.538. The topological polar surface area (TPSA) is 3.24 Å². The Hall–Kier alpha value is -2.02. The van der Waals surface area contributed by atoms with E-state index in [1.165, 1.54) is 17.7 Å². The second-order valence-electron chi connectivity index (χ2n) is 9.28. The zero-order valence-corrected chi connectivity index (χ0v) is 19.0. The maximum atomic E-state index is 13.6. The molecule has 7 heteroatoms. The second-order valence-corrected chi connectivity index (χ2v) is 9.28. The Kier molecular flexibility index (Phi) is 8.14. The van der Waals surface area contributed by atoms with Crippen molar-refractivity contribution in [3.8, 4) is 0 Å². The van der Waals surface area contributed by atoms with Crippen LogP contribution in [0.1, 0.15) is 55.2 Å². The molecule has 0 aliphatic heterocycles. The number of benzene rings is 2. The van der Waals surface area contributed by atoms with Crippen molar-refractivity contribution in [2.75, 3.05) is 7.05 Å². The van der Waals surface area contributed by atoms with Gasteiger partial charge in [-0.3, -0.25) is 4.90 Å². The molecular formula is C26H31F6N. The van der Waals surface area contributed by atoms with Crippen LogP contribution in [0.3, 0.4) is 0 Å². The highest BCUT2D eigenvalue weighted by Gasteiger charge is 2.56. The number of hydrogen-bond donors (Lipinski definition) is 0. The minimum atomic E-state index is -4.65. The van der Waals surface area contributed by atoms with Gasteiger partial charge in [-0.1, -0.05) is 61.0 Å². The average Bonchev–Trinajstić information content (AvgIpc) is 2.76. The fourth-order valence-corrected chi connectivity index (χ4v) is 4.93. The molecule has 182 valence electrons. The Morgan fingerprint density at radius 1 is 0.818 bits per heavy atom. The molecule has 3 rings (SSSR count). The molecule has 3 unspecified atom stereocenters. The quantitative estimate of drug-likeness (QED) is 0.373. The van der Waals surface area contributed by atoms with E-state index < -0.39 is 30.1 Å². The van der Waals surface area contributed by atoms with Crippen LogP contribution in [-0.2, 0) is 13.0 Å². The summed E-state index contributed by atoms with van der Waals surface area (Å²) in [7, 11) is 2.04. The van der Waals surface area contributed by atoms with Crippen molar-refractivity contribution in [3.63, 3.8) is 0 Å². The van der Waals surface area contributed by atoms with Crippen LogP contribution in [0, 0.1) is 11.8 Å². The molecule has 33 heavy (non-hydrogen) atoms. The molecule has 2 aromatic carbocycles. The Morgan fingerprint density at radius 2 is 1.36 bits per heavy atom. The molecule has 2 aromatic rings. The summed E-state index contributed by atoms with van der Waals surface area (Å²) < 4.78 is 81.5. The Balaban J connectivity index is 1.67. The van der Waals surface area contributed by atoms with E-state index in [-0.39, 0.29) is 30.9 Å². The summed E-state index contributed by atoms with van der Waals surface area (Å²) in [4.78, 5) is 2.23. The standard InChI is InChI=1S/C26H31F6N/c1-18(33(2)17-20-7-4-3-5-8-20)11-12-19-13-15-21(16-14-19)24-22(25(27,28)29)9-6-10-23(24)26(30,31)32/h3-5,7-8,13-16,18,22-24H,6,9-12,17H2,1-2H3. The summed E-state index contributed by atoms with van der Waals surface area (Å²) in [6.45, 7) is 2.92. The van der Waals surface area contributed by atoms with E-state index in [2.05, 4.69) is 24.0 Å². The highest BCUT2D eigenvalue weighted by molar-refractivity contribution is 5.28. The van der Waals surface area contributed by atoms with Gasteiger partial charge in [0.15, 0.2) is 0 Å². The third-order valence-electron chi connectivity index (χ3n) is 6.98. The summed E-state index contributed by atoms with van der Waals surface area (Å²) in [6.07, 6.45) is -8.32. The van der Waals surface area contributed by atoms with Crippen LogP contribution in [0.5, 0.6) is 0 Å². The van der Waals surface area contributed by atoms with Gasteiger partial charge in [-0.25, -0.2) is 0 Å². The molecule has 1 fully saturated rings. The third-order valence-corrected chi connectivity index (χ3v) is 6.98. The van der Waals surface area contributed by atoms with Gasteiger partial charge in [0.2, 0.25) is 0 Å². The monoisotopic (exact) mass is 471 g/mol. The first kappa shape index (κ1) is 25.6. The van der Waals surface area contributed by atoms with Crippen LogP contribution >= 0.6 is 0 Å². The van der Waals surface area contributed by atoms with E-state index in [0.717, 1.165) is 18.5 Å². The zero-order chi connectivity index (χ0) is 24.2. The van der Waals surface area contributed by atoms with Crippen LogP contribution < -0.4 is 0 Å². The predicted molar refractivity (Wildman–Crippen MR) is 118 cm³/mol. The molecule has 0 heterocycles.